The number of likely N-dealkylation sites (tertiary alicyclic amines) is 1. The summed E-state index contributed by atoms with van der Waals surface area (Å²) in [5.41, 5.74) is -0.327. The predicted octanol–water partition coefficient (Wildman–Crippen LogP) is 0.259. The molecule has 3 heterocycles. The molecule has 1 atom stereocenters. The SMILES string of the molecule is CC(C)(C)c1ccc(=O)n(CC2CN(CC3(O)CCCN(S(C)(=O)=O)C3)C2)n1. The molecule has 1 unspecified atom stereocenters. The first-order valence-electron chi connectivity index (χ1n) is 9.84. The third-order valence-electron chi connectivity index (χ3n) is 5.61. The van der Waals surface area contributed by atoms with Gasteiger partial charge < -0.3 is 5.11 Å². The first kappa shape index (κ1) is 21.4. The summed E-state index contributed by atoms with van der Waals surface area (Å²) in [6, 6.07) is 3.37. The Bertz CT molecular complexity index is 871. The van der Waals surface area contributed by atoms with Crippen LogP contribution in [0.2, 0.25) is 0 Å². The minimum Gasteiger partial charge on any atom is -0.387 e. The quantitative estimate of drug-likeness (QED) is 0.745. The molecule has 158 valence electrons. The van der Waals surface area contributed by atoms with E-state index in [2.05, 4.69) is 30.8 Å². The van der Waals surface area contributed by atoms with Crippen LogP contribution in [0.5, 0.6) is 0 Å². The second-order valence-corrected chi connectivity index (χ2v) is 11.5. The Morgan fingerprint density at radius 2 is 1.96 bits per heavy atom. The molecule has 2 saturated heterocycles. The molecule has 0 aliphatic carbocycles. The van der Waals surface area contributed by atoms with Crippen molar-refractivity contribution in [1.82, 2.24) is 19.0 Å². The fourth-order valence-corrected chi connectivity index (χ4v) is 4.98. The van der Waals surface area contributed by atoms with Crippen molar-refractivity contribution in [3.8, 4) is 0 Å². The predicted molar refractivity (Wildman–Crippen MR) is 108 cm³/mol. The number of hydrogen-bond donors (Lipinski definition) is 1. The normalized spacial score (nSPS) is 25.6. The minimum atomic E-state index is -3.29. The summed E-state index contributed by atoms with van der Waals surface area (Å²) < 4.78 is 26.5. The number of aliphatic hydroxyl groups is 1. The summed E-state index contributed by atoms with van der Waals surface area (Å²) >= 11 is 0. The number of piperidine rings is 1. The van der Waals surface area contributed by atoms with Gasteiger partial charge in [0, 0.05) is 50.1 Å². The summed E-state index contributed by atoms with van der Waals surface area (Å²) in [6.07, 6.45) is 2.46. The molecule has 3 rings (SSSR count). The topological polar surface area (TPSA) is 95.7 Å². The molecule has 1 aromatic heterocycles. The Balaban J connectivity index is 1.56. The van der Waals surface area contributed by atoms with E-state index in [1.807, 2.05) is 0 Å². The summed E-state index contributed by atoms with van der Waals surface area (Å²) in [7, 11) is -3.29. The van der Waals surface area contributed by atoms with Crippen molar-refractivity contribution in [3.05, 3.63) is 28.2 Å². The van der Waals surface area contributed by atoms with Crippen LogP contribution in [0.15, 0.2) is 16.9 Å². The van der Waals surface area contributed by atoms with Crippen molar-refractivity contribution in [2.24, 2.45) is 5.92 Å². The standard InChI is InChI=1S/C19H32N4O4S/c1-18(2,3)16-6-7-17(24)23(20-16)12-15-10-21(11-15)13-19(25)8-5-9-22(14-19)28(4,26)27/h6-7,15,25H,5,8-14H2,1-4H3. The third-order valence-corrected chi connectivity index (χ3v) is 6.86. The van der Waals surface area contributed by atoms with Gasteiger partial charge in [0.1, 0.15) is 0 Å². The van der Waals surface area contributed by atoms with Crippen LogP contribution in [0.4, 0.5) is 0 Å². The van der Waals surface area contributed by atoms with Crippen LogP contribution in [-0.2, 0) is 22.0 Å². The summed E-state index contributed by atoms with van der Waals surface area (Å²) in [6.45, 7) is 9.40. The van der Waals surface area contributed by atoms with Crippen LogP contribution in [0, 0.1) is 5.92 Å². The van der Waals surface area contributed by atoms with Crippen LogP contribution in [0.1, 0.15) is 39.3 Å². The molecule has 1 N–H and O–H groups in total. The Morgan fingerprint density at radius 3 is 2.57 bits per heavy atom. The number of β-amino-alcohol motifs (C(OH)–C–C–N with tert-alkyl or cyclic N) is 1. The fourth-order valence-electron chi connectivity index (χ4n) is 4.04. The van der Waals surface area contributed by atoms with E-state index in [9.17, 15) is 18.3 Å². The highest BCUT2D eigenvalue weighted by Gasteiger charge is 2.40. The molecular formula is C19H32N4O4S. The highest BCUT2D eigenvalue weighted by Crippen LogP contribution is 2.27. The van der Waals surface area contributed by atoms with E-state index in [0.29, 0.717) is 38.4 Å². The van der Waals surface area contributed by atoms with E-state index >= 15 is 0 Å². The second kappa shape index (κ2) is 7.51. The van der Waals surface area contributed by atoms with Gasteiger partial charge in [0.2, 0.25) is 10.0 Å². The minimum absolute atomic E-state index is 0.0962. The van der Waals surface area contributed by atoms with Crippen molar-refractivity contribution in [2.75, 3.05) is 39.0 Å². The van der Waals surface area contributed by atoms with Gasteiger partial charge in [0.15, 0.2) is 0 Å². The maximum Gasteiger partial charge on any atom is 0.266 e. The lowest BCUT2D eigenvalue weighted by atomic mass is 9.90. The lowest BCUT2D eigenvalue weighted by molar-refractivity contribution is -0.0612. The zero-order valence-corrected chi connectivity index (χ0v) is 18.1. The van der Waals surface area contributed by atoms with E-state index < -0.39 is 15.6 Å². The molecule has 0 bridgehead atoms. The third kappa shape index (κ3) is 5.00. The van der Waals surface area contributed by atoms with Gasteiger partial charge in [-0.05, 0) is 18.9 Å². The van der Waals surface area contributed by atoms with Gasteiger partial charge >= 0.3 is 0 Å². The lowest BCUT2D eigenvalue weighted by Gasteiger charge is -2.46. The zero-order valence-electron chi connectivity index (χ0n) is 17.3. The van der Waals surface area contributed by atoms with Gasteiger partial charge in [-0.2, -0.15) is 9.40 Å². The molecule has 0 saturated carbocycles. The lowest BCUT2D eigenvalue weighted by Crippen LogP contribution is -2.60. The van der Waals surface area contributed by atoms with E-state index in [1.165, 1.54) is 10.6 Å². The average Bonchev–Trinajstić information content (AvgIpc) is 2.52. The smallest absolute Gasteiger partial charge is 0.266 e. The van der Waals surface area contributed by atoms with Crippen molar-refractivity contribution < 1.29 is 13.5 Å². The van der Waals surface area contributed by atoms with Crippen molar-refractivity contribution >= 4 is 10.0 Å². The summed E-state index contributed by atoms with van der Waals surface area (Å²) in [4.78, 5) is 14.3. The molecule has 8 nitrogen and oxygen atoms in total. The molecule has 0 radical (unpaired) electrons. The van der Waals surface area contributed by atoms with Crippen LogP contribution in [-0.4, -0.2) is 77.1 Å². The average molecular weight is 413 g/mol. The maximum atomic E-state index is 12.1. The molecule has 2 aliphatic rings. The van der Waals surface area contributed by atoms with Gasteiger partial charge in [0.25, 0.3) is 5.56 Å². The zero-order chi connectivity index (χ0) is 20.7. The Hall–Kier alpha value is -1.29. The van der Waals surface area contributed by atoms with Crippen molar-refractivity contribution in [2.45, 2.75) is 51.2 Å². The van der Waals surface area contributed by atoms with Crippen LogP contribution >= 0.6 is 0 Å². The molecule has 28 heavy (non-hydrogen) atoms. The van der Waals surface area contributed by atoms with Crippen LogP contribution in [0.25, 0.3) is 0 Å². The van der Waals surface area contributed by atoms with Crippen molar-refractivity contribution in [3.63, 3.8) is 0 Å². The number of nitrogens with zero attached hydrogens (tertiary/aromatic N) is 4. The fraction of sp³-hybridized carbons (Fsp3) is 0.789. The van der Waals surface area contributed by atoms with Gasteiger partial charge in [-0.25, -0.2) is 13.1 Å². The van der Waals surface area contributed by atoms with E-state index in [1.54, 1.807) is 16.8 Å². The largest absolute Gasteiger partial charge is 0.387 e. The molecule has 0 aromatic carbocycles. The molecule has 2 fully saturated rings. The number of aromatic nitrogens is 2. The molecule has 1 aromatic rings. The highest BCUT2D eigenvalue weighted by atomic mass is 32.2. The molecular weight excluding hydrogens is 380 g/mol. The maximum absolute atomic E-state index is 12.1. The highest BCUT2D eigenvalue weighted by molar-refractivity contribution is 7.88. The van der Waals surface area contributed by atoms with Crippen LogP contribution in [0.3, 0.4) is 0 Å². The first-order chi connectivity index (χ1) is 12.9. The van der Waals surface area contributed by atoms with E-state index in [-0.39, 0.29) is 17.5 Å². The number of hydrogen-bond acceptors (Lipinski definition) is 6. The van der Waals surface area contributed by atoms with E-state index in [4.69, 9.17) is 0 Å². The first-order valence-corrected chi connectivity index (χ1v) is 11.7. The molecule has 0 spiro atoms. The van der Waals surface area contributed by atoms with Gasteiger partial charge in [0.05, 0.1) is 24.1 Å². The molecule has 2 aliphatic heterocycles. The number of sulfonamides is 1. The summed E-state index contributed by atoms with van der Waals surface area (Å²) in [5, 5.41) is 15.4. The monoisotopic (exact) mass is 412 g/mol. The molecule has 0 amide bonds. The van der Waals surface area contributed by atoms with Gasteiger partial charge in [-0.15, -0.1) is 0 Å². The Labute approximate surface area is 167 Å². The van der Waals surface area contributed by atoms with E-state index in [0.717, 1.165) is 18.8 Å². The van der Waals surface area contributed by atoms with Crippen molar-refractivity contribution in [1.29, 1.82) is 0 Å². The Morgan fingerprint density at radius 1 is 1.29 bits per heavy atom. The second-order valence-electron chi connectivity index (χ2n) is 9.47. The number of rotatable bonds is 5. The molecule has 9 heteroatoms. The van der Waals surface area contributed by atoms with Crippen LogP contribution < -0.4 is 5.56 Å². The summed E-state index contributed by atoms with van der Waals surface area (Å²) in [5.74, 6) is 0.304. The van der Waals surface area contributed by atoms with Gasteiger partial charge in [-0.1, -0.05) is 20.8 Å². The van der Waals surface area contributed by atoms with Gasteiger partial charge in [-0.3, -0.25) is 9.69 Å². The Kier molecular flexibility index (Phi) is 5.75.